The summed E-state index contributed by atoms with van der Waals surface area (Å²) in [5, 5.41) is 17.8. The number of unbranched alkanes of at least 4 members (excludes halogenated alkanes) is 1. The Labute approximate surface area is 109 Å². The second kappa shape index (κ2) is 7.03. The van der Waals surface area contributed by atoms with E-state index in [4.69, 9.17) is 15.1 Å². The molecule has 0 amide bonds. The van der Waals surface area contributed by atoms with E-state index in [1.54, 1.807) is 0 Å². The maximum Gasteiger partial charge on any atom is 0.119 e. The number of hydrogen-bond acceptors (Lipinski definition) is 3. The van der Waals surface area contributed by atoms with Gasteiger partial charge in [-0.1, -0.05) is 12.1 Å². The summed E-state index contributed by atoms with van der Waals surface area (Å²) in [7, 11) is 0. The minimum Gasteiger partial charge on any atom is -0.494 e. The van der Waals surface area contributed by atoms with Crippen molar-refractivity contribution in [2.45, 2.75) is 39.7 Å². The van der Waals surface area contributed by atoms with Crippen LogP contribution in [0.5, 0.6) is 5.75 Å². The number of ether oxygens (including phenoxy) is 1. The van der Waals surface area contributed by atoms with E-state index in [-0.39, 0.29) is 12.0 Å². The van der Waals surface area contributed by atoms with Gasteiger partial charge in [0.15, 0.2) is 0 Å². The fourth-order valence-electron chi connectivity index (χ4n) is 1.61. The lowest BCUT2D eigenvalue weighted by Gasteiger charge is -2.14. The number of nitriles is 1. The van der Waals surface area contributed by atoms with Crippen molar-refractivity contribution >= 4 is 0 Å². The van der Waals surface area contributed by atoms with Crippen LogP contribution in [0.4, 0.5) is 0 Å². The Hall–Kier alpha value is -1.53. The predicted octanol–water partition coefficient (Wildman–Crippen LogP) is 3.28. The number of nitrogens with zero attached hydrogens (tertiary/aromatic N) is 1. The Morgan fingerprint density at radius 1 is 1.22 bits per heavy atom. The first-order valence-corrected chi connectivity index (χ1v) is 6.31. The molecule has 0 unspecified atom stereocenters. The smallest absolute Gasteiger partial charge is 0.119 e. The van der Waals surface area contributed by atoms with Crippen molar-refractivity contribution < 1.29 is 9.84 Å². The topological polar surface area (TPSA) is 53.2 Å². The van der Waals surface area contributed by atoms with Crippen LogP contribution >= 0.6 is 0 Å². The van der Waals surface area contributed by atoms with Crippen LogP contribution in [0, 0.1) is 16.7 Å². The van der Waals surface area contributed by atoms with E-state index in [1.807, 2.05) is 38.1 Å². The van der Waals surface area contributed by atoms with Crippen molar-refractivity contribution in [3.05, 3.63) is 29.8 Å². The van der Waals surface area contributed by atoms with Crippen molar-refractivity contribution in [1.29, 1.82) is 5.26 Å². The normalized spacial score (nSPS) is 11.0. The average Bonchev–Trinajstić information content (AvgIpc) is 2.39. The van der Waals surface area contributed by atoms with Crippen LogP contribution in [0.1, 0.15) is 38.7 Å². The first-order chi connectivity index (χ1) is 8.57. The minimum atomic E-state index is -0.233. The summed E-state index contributed by atoms with van der Waals surface area (Å²) in [6.07, 6.45) is 2.85. The molecule has 1 aromatic carbocycles. The van der Waals surface area contributed by atoms with Crippen molar-refractivity contribution in [1.82, 2.24) is 0 Å². The van der Waals surface area contributed by atoms with Crippen molar-refractivity contribution in [2.24, 2.45) is 5.41 Å². The maximum atomic E-state index is 8.91. The molecular formula is C15H21NO2. The lowest BCUT2D eigenvalue weighted by Crippen LogP contribution is -2.08. The minimum absolute atomic E-state index is 0.0591. The largest absolute Gasteiger partial charge is 0.494 e. The third-order valence-corrected chi connectivity index (χ3v) is 2.87. The van der Waals surface area contributed by atoms with E-state index >= 15 is 0 Å². The highest BCUT2D eigenvalue weighted by atomic mass is 16.5. The molecule has 1 rings (SSSR count). The van der Waals surface area contributed by atoms with Crippen molar-refractivity contribution in [2.75, 3.05) is 6.61 Å². The van der Waals surface area contributed by atoms with E-state index in [0.29, 0.717) is 6.61 Å². The standard InChI is InChI=1S/C15H21NO2/c1-15(2,12-16)9-3-4-10-18-14-7-5-13(11-17)6-8-14/h5-8,17H,3-4,9-11H2,1-2H3. The summed E-state index contributed by atoms with van der Waals surface area (Å²) in [6, 6.07) is 9.74. The van der Waals surface area contributed by atoms with Crippen LogP contribution in [0.25, 0.3) is 0 Å². The highest BCUT2D eigenvalue weighted by molar-refractivity contribution is 5.26. The molecule has 3 nitrogen and oxygen atoms in total. The molecule has 0 bridgehead atoms. The predicted molar refractivity (Wildman–Crippen MR) is 71.1 cm³/mol. The van der Waals surface area contributed by atoms with Crippen LogP contribution in [-0.4, -0.2) is 11.7 Å². The Kier molecular flexibility index (Phi) is 5.67. The molecule has 0 aliphatic carbocycles. The monoisotopic (exact) mass is 247 g/mol. The van der Waals surface area contributed by atoms with E-state index < -0.39 is 0 Å². The van der Waals surface area contributed by atoms with Gasteiger partial charge < -0.3 is 9.84 Å². The molecule has 1 aromatic rings. The summed E-state index contributed by atoms with van der Waals surface area (Å²) in [6.45, 7) is 4.65. The molecule has 3 heteroatoms. The lowest BCUT2D eigenvalue weighted by atomic mass is 9.89. The summed E-state index contributed by atoms with van der Waals surface area (Å²) in [4.78, 5) is 0. The first-order valence-electron chi connectivity index (χ1n) is 6.31. The Morgan fingerprint density at radius 2 is 1.89 bits per heavy atom. The molecule has 0 heterocycles. The van der Waals surface area contributed by atoms with Crippen LogP contribution in [0.3, 0.4) is 0 Å². The molecular weight excluding hydrogens is 226 g/mol. The van der Waals surface area contributed by atoms with Gasteiger partial charge in [-0.3, -0.25) is 0 Å². The van der Waals surface area contributed by atoms with Gasteiger partial charge in [-0.15, -0.1) is 0 Å². The Bertz CT molecular complexity index is 390. The average molecular weight is 247 g/mol. The lowest BCUT2D eigenvalue weighted by molar-refractivity contribution is 0.280. The highest BCUT2D eigenvalue weighted by Crippen LogP contribution is 2.21. The number of benzene rings is 1. The zero-order valence-electron chi connectivity index (χ0n) is 11.1. The molecule has 0 aliphatic rings. The SMILES string of the molecule is CC(C)(C#N)CCCCOc1ccc(CO)cc1. The fraction of sp³-hybridized carbons (Fsp3) is 0.533. The Morgan fingerprint density at radius 3 is 2.44 bits per heavy atom. The van der Waals surface area contributed by atoms with E-state index in [1.165, 1.54) is 0 Å². The van der Waals surface area contributed by atoms with Crippen molar-refractivity contribution in [3.8, 4) is 11.8 Å². The van der Waals surface area contributed by atoms with Gasteiger partial charge in [0.1, 0.15) is 5.75 Å². The fourth-order valence-corrected chi connectivity index (χ4v) is 1.61. The molecule has 1 N–H and O–H groups in total. The van der Waals surface area contributed by atoms with Crippen LogP contribution in [-0.2, 0) is 6.61 Å². The van der Waals surface area contributed by atoms with Gasteiger partial charge in [0.25, 0.3) is 0 Å². The summed E-state index contributed by atoms with van der Waals surface area (Å²) in [5.41, 5.74) is 0.654. The highest BCUT2D eigenvalue weighted by Gasteiger charge is 2.15. The number of hydrogen-bond donors (Lipinski definition) is 1. The van der Waals surface area contributed by atoms with Gasteiger partial charge in [-0.25, -0.2) is 0 Å². The maximum absolute atomic E-state index is 8.91. The van der Waals surface area contributed by atoms with Crippen LogP contribution in [0.15, 0.2) is 24.3 Å². The van der Waals surface area contributed by atoms with Gasteiger partial charge in [-0.2, -0.15) is 5.26 Å². The first kappa shape index (κ1) is 14.5. The molecule has 0 saturated carbocycles. The molecule has 0 saturated heterocycles. The Balaban J connectivity index is 2.20. The van der Waals surface area contributed by atoms with E-state index in [9.17, 15) is 0 Å². The zero-order chi connectivity index (χ0) is 13.4. The molecule has 0 aliphatic heterocycles. The second-order valence-corrected chi connectivity index (χ2v) is 5.10. The molecule has 0 aromatic heterocycles. The molecule has 18 heavy (non-hydrogen) atoms. The molecule has 98 valence electrons. The number of rotatable bonds is 7. The summed E-state index contributed by atoms with van der Waals surface area (Å²) < 4.78 is 5.59. The molecule has 0 fully saturated rings. The van der Waals surface area contributed by atoms with Gasteiger partial charge in [-0.05, 0) is 50.8 Å². The molecule has 0 atom stereocenters. The van der Waals surface area contributed by atoms with Gasteiger partial charge in [0.2, 0.25) is 0 Å². The number of aliphatic hydroxyl groups excluding tert-OH is 1. The van der Waals surface area contributed by atoms with Gasteiger partial charge in [0, 0.05) is 0 Å². The summed E-state index contributed by atoms with van der Waals surface area (Å²) >= 11 is 0. The molecule has 0 radical (unpaired) electrons. The van der Waals surface area contributed by atoms with Crippen molar-refractivity contribution in [3.63, 3.8) is 0 Å². The third-order valence-electron chi connectivity index (χ3n) is 2.87. The second-order valence-electron chi connectivity index (χ2n) is 5.10. The summed E-state index contributed by atoms with van der Waals surface area (Å²) in [5.74, 6) is 0.826. The van der Waals surface area contributed by atoms with Gasteiger partial charge in [0.05, 0.1) is 24.7 Å². The molecule has 0 spiro atoms. The van der Waals surface area contributed by atoms with Crippen LogP contribution in [0.2, 0.25) is 0 Å². The van der Waals surface area contributed by atoms with E-state index in [0.717, 1.165) is 30.6 Å². The van der Waals surface area contributed by atoms with E-state index in [2.05, 4.69) is 6.07 Å². The third kappa shape index (κ3) is 5.20. The zero-order valence-corrected chi connectivity index (χ0v) is 11.1. The quantitative estimate of drug-likeness (QED) is 0.752. The van der Waals surface area contributed by atoms with Crippen LogP contribution < -0.4 is 4.74 Å². The van der Waals surface area contributed by atoms with Gasteiger partial charge >= 0.3 is 0 Å². The number of aliphatic hydroxyl groups is 1.